The van der Waals surface area contributed by atoms with Crippen LogP contribution in [0.3, 0.4) is 0 Å². The Morgan fingerprint density at radius 1 is 1.47 bits per heavy atom. The number of anilines is 2. The molecule has 0 saturated heterocycles. The summed E-state index contributed by atoms with van der Waals surface area (Å²) in [5, 5.41) is 21.0. The van der Waals surface area contributed by atoms with Gasteiger partial charge in [-0.3, -0.25) is 4.57 Å². The number of benzene rings is 1. The predicted octanol–water partition coefficient (Wildman–Crippen LogP) is 1.04. The zero-order valence-corrected chi connectivity index (χ0v) is 9.44. The Morgan fingerprint density at radius 3 is 3.06 bits per heavy atom. The molecular weight excluding hydrogens is 218 g/mol. The van der Waals surface area contributed by atoms with Gasteiger partial charge in [-0.25, -0.2) is 0 Å². The highest BCUT2D eigenvalue weighted by Crippen LogP contribution is 2.34. The summed E-state index contributed by atoms with van der Waals surface area (Å²) in [5.74, 6) is 1.85. The topological polar surface area (TPSA) is 89.0 Å². The van der Waals surface area contributed by atoms with Crippen LogP contribution >= 0.6 is 0 Å². The van der Waals surface area contributed by atoms with Gasteiger partial charge in [-0.05, 0) is 6.07 Å². The van der Waals surface area contributed by atoms with E-state index < -0.39 is 0 Å². The van der Waals surface area contributed by atoms with Crippen molar-refractivity contribution in [1.29, 1.82) is 0 Å². The normalized spacial score (nSPS) is 12.8. The van der Waals surface area contributed by atoms with Crippen LogP contribution < -0.4 is 11.1 Å². The number of hydrogen-bond acceptors (Lipinski definition) is 5. The number of aromatic hydroxyl groups is 1. The molecule has 2 aromatic rings. The fourth-order valence-electron chi connectivity index (χ4n) is 2.07. The van der Waals surface area contributed by atoms with Gasteiger partial charge in [0.2, 0.25) is 0 Å². The molecule has 0 bridgehead atoms. The minimum absolute atomic E-state index is 0.0887. The molecule has 6 nitrogen and oxygen atoms in total. The summed E-state index contributed by atoms with van der Waals surface area (Å²) >= 11 is 0. The van der Waals surface area contributed by atoms with Crippen molar-refractivity contribution in [2.45, 2.75) is 19.9 Å². The molecular formula is C11H13N5O. The predicted molar refractivity (Wildman–Crippen MR) is 64.1 cm³/mol. The zero-order valence-electron chi connectivity index (χ0n) is 9.44. The Balaban J connectivity index is 2.27. The van der Waals surface area contributed by atoms with Crippen LogP contribution in [0.4, 0.5) is 11.4 Å². The van der Waals surface area contributed by atoms with Crippen LogP contribution in [0.15, 0.2) is 12.1 Å². The van der Waals surface area contributed by atoms with Gasteiger partial charge < -0.3 is 16.2 Å². The fraction of sp³-hybridized carbons (Fsp3) is 0.273. The maximum atomic E-state index is 9.59. The molecule has 0 spiro atoms. The smallest absolute Gasteiger partial charge is 0.157 e. The quantitative estimate of drug-likeness (QED) is 0.504. The summed E-state index contributed by atoms with van der Waals surface area (Å²) in [6, 6.07) is 3.37. The molecule has 0 amide bonds. The highest BCUT2D eigenvalue weighted by atomic mass is 16.3. The first-order chi connectivity index (χ1) is 8.20. The summed E-state index contributed by atoms with van der Waals surface area (Å²) in [7, 11) is 0. The lowest BCUT2D eigenvalue weighted by Gasteiger charge is -2.21. The molecule has 0 radical (unpaired) electrons. The number of rotatable bonds is 1. The number of nitrogens with two attached hydrogens (primary N) is 1. The standard InChI is InChI=1S/C11H13N5O/c1-2-10-14-15-11-5-13-7-4-9(17)6(12)3-8(7)16(10)11/h3-4,13,17H,2,5,12H2,1H3. The molecule has 1 aliphatic heterocycles. The lowest BCUT2D eigenvalue weighted by Crippen LogP contribution is -2.17. The third kappa shape index (κ3) is 1.33. The molecule has 1 aromatic heterocycles. The second kappa shape index (κ2) is 3.38. The Kier molecular flexibility index (Phi) is 1.98. The molecule has 1 aliphatic rings. The number of nitrogens with zero attached hydrogens (tertiary/aromatic N) is 3. The van der Waals surface area contributed by atoms with E-state index in [1.54, 1.807) is 12.1 Å². The molecule has 3 rings (SSSR count). The molecule has 0 fully saturated rings. The first kappa shape index (κ1) is 9.95. The average molecular weight is 231 g/mol. The van der Waals surface area contributed by atoms with E-state index in [1.807, 2.05) is 11.5 Å². The van der Waals surface area contributed by atoms with E-state index in [0.717, 1.165) is 29.4 Å². The van der Waals surface area contributed by atoms with Crippen LogP contribution in [0.1, 0.15) is 18.6 Å². The Labute approximate surface area is 98.1 Å². The monoisotopic (exact) mass is 231 g/mol. The Morgan fingerprint density at radius 2 is 2.29 bits per heavy atom. The molecule has 2 heterocycles. The van der Waals surface area contributed by atoms with Gasteiger partial charge in [0.15, 0.2) is 5.82 Å². The van der Waals surface area contributed by atoms with Crippen molar-refractivity contribution in [3.8, 4) is 11.4 Å². The fourth-order valence-corrected chi connectivity index (χ4v) is 2.07. The van der Waals surface area contributed by atoms with Gasteiger partial charge in [0.1, 0.15) is 11.6 Å². The van der Waals surface area contributed by atoms with Crippen LogP contribution in [0.5, 0.6) is 5.75 Å². The van der Waals surface area contributed by atoms with Crippen LogP contribution in [-0.4, -0.2) is 19.9 Å². The molecule has 0 atom stereocenters. The van der Waals surface area contributed by atoms with E-state index in [9.17, 15) is 5.11 Å². The number of hydrogen-bond donors (Lipinski definition) is 3. The van der Waals surface area contributed by atoms with Gasteiger partial charge in [0.25, 0.3) is 0 Å². The van der Waals surface area contributed by atoms with Crippen molar-refractivity contribution in [2.75, 3.05) is 11.1 Å². The molecule has 4 N–H and O–H groups in total. The Bertz CT molecular complexity index is 576. The maximum Gasteiger partial charge on any atom is 0.157 e. The van der Waals surface area contributed by atoms with Crippen molar-refractivity contribution in [3.05, 3.63) is 23.8 Å². The van der Waals surface area contributed by atoms with Gasteiger partial charge in [0.05, 0.1) is 23.6 Å². The largest absolute Gasteiger partial charge is 0.506 e. The third-order valence-electron chi connectivity index (χ3n) is 2.94. The summed E-state index contributed by atoms with van der Waals surface area (Å²) < 4.78 is 1.99. The molecule has 0 saturated carbocycles. The molecule has 88 valence electrons. The molecule has 17 heavy (non-hydrogen) atoms. The van der Waals surface area contributed by atoms with Crippen LogP contribution in [-0.2, 0) is 13.0 Å². The number of fused-ring (bicyclic) bond motifs is 3. The second-order valence-electron chi connectivity index (χ2n) is 4.00. The van der Waals surface area contributed by atoms with Gasteiger partial charge in [-0.2, -0.15) is 0 Å². The number of phenolic OH excluding ortho intramolecular Hbond substituents is 1. The third-order valence-corrected chi connectivity index (χ3v) is 2.94. The van der Waals surface area contributed by atoms with Crippen molar-refractivity contribution in [3.63, 3.8) is 0 Å². The van der Waals surface area contributed by atoms with E-state index >= 15 is 0 Å². The van der Waals surface area contributed by atoms with E-state index in [0.29, 0.717) is 12.2 Å². The van der Waals surface area contributed by atoms with E-state index in [4.69, 9.17) is 5.73 Å². The van der Waals surface area contributed by atoms with Crippen LogP contribution in [0.25, 0.3) is 5.69 Å². The van der Waals surface area contributed by atoms with Gasteiger partial charge >= 0.3 is 0 Å². The van der Waals surface area contributed by atoms with E-state index in [2.05, 4.69) is 15.5 Å². The number of nitrogens with one attached hydrogen (secondary N) is 1. The highest BCUT2D eigenvalue weighted by molar-refractivity contribution is 5.73. The first-order valence-corrected chi connectivity index (χ1v) is 5.50. The highest BCUT2D eigenvalue weighted by Gasteiger charge is 2.21. The molecule has 6 heteroatoms. The van der Waals surface area contributed by atoms with Gasteiger partial charge in [-0.1, -0.05) is 6.92 Å². The summed E-state index contributed by atoms with van der Waals surface area (Å²) in [4.78, 5) is 0. The van der Waals surface area contributed by atoms with E-state index in [-0.39, 0.29) is 5.75 Å². The summed E-state index contributed by atoms with van der Waals surface area (Å²) in [5.41, 5.74) is 7.82. The summed E-state index contributed by atoms with van der Waals surface area (Å²) in [6.07, 6.45) is 0.799. The minimum Gasteiger partial charge on any atom is -0.506 e. The van der Waals surface area contributed by atoms with E-state index in [1.165, 1.54) is 0 Å². The van der Waals surface area contributed by atoms with Crippen LogP contribution in [0, 0.1) is 0 Å². The maximum absolute atomic E-state index is 9.59. The van der Waals surface area contributed by atoms with Gasteiger partial charge in [0, 0.05) is 12.5 Å². The van der Waals surface area contributed by atoms with Crippen LogP contribution in [0.2, 0.25) is 0 Å². The zero-order chi connectivity index (χ0) is 12.0. The number of aromatic nitrogens is 3. The van der Waals surface area contributed by atoms with Crippen molar-refractivity contribution in [1.82, 2.24) is 14.8 Å². The summed E-state index contributed by atoms with van der Waals surface area (Å²) in [6.45, 7) is 2.63. The van der Waals surface area contributed by atoms with Crippen molar-refractivity contribution in [2.24, 2.45) is 0 Å². The van der Waals surface area contributed by atoms with Crippen molar-refractivity contribution >= 4 is 11.4 Å². The van der Waals surface area contributed by atoms with Gasteiger partial charge in [-0.15, -0.1) is 10.2 Å². The first-order valence-electron chi connectivity index (χ1n) is 5.50. The average Bonchev–Trinajstić information content (AvgIpc) is 2.74. The molecule has 0 aliphatic carbocycles. The second-order valence-corrected chi connectivity index (χ2v) is 4.00. The number of aryl methyl sites for hydroxylation is 1. The lowest BCUT2D eigenvalue weighted by molar-refractivity contribution is 0.478. The number of nitrogen functional groups attached to an aromatic ring is 1. The Hall–Kier alpha value is -2.24. The SMILES string of the molecule is CCc1nnc2n1-c1cc(N)c(O)cc1NC2. The minimum atomic E-state index is 0.0887. The molecule has 0 unspecified atom stereocenters. The molecule has 1 aromatic carbocycles. The van der Waals surface area contributed by atoms with Crippen molar-refractivity contribution < 1.29 is 5.11 Å². The number of phenols is 1. The lowest BCUT2D eigenvalue weighted by atomic mass is 10.2.